The van der Waals surface area contributed by atoms with E-state index in [2.05, 4.69) is 0 Å². The van der Waals surface area contributed by atoms with Crippen LogP contribution in [-0.4, -0.2) is 43.9 Å². The maximum atomic E-state index is 12.2. The van der Waals surface area contributed by atoms with Gasteiger partial charge >= 0.3 is 0 Å². The Morgan fingerprint density at radius 1 is 1.55 bits per heavy atom. The van der Waals surface area contributed by atoms with Gasteiger partial charge in [-0.3, -0.25) is 10.1 Å². The molecule has 1 rings (SSSR count). The first kappa shape index (κ1) is 17.3. The van der Waals surface area contributed by atoms with Gasteiger partial charge in [-0.15, -0.1) is 11.3 Å². The van der Waals surface area contributed by atoms with Gasteiger partial charge in [0.1, 0.15) is 4.21 Å². The molecule has 0 unspecified atom stereocenters. The predicted octanol–water partition coefficient (Wildman–Crippen LogP) is 2.36. The number of halogens is 1. The molecule has 1 heterocycles. The lowest BCUT2D eigenvalue weighted by atomic mass is 10.5. The van der Waals surface area contributed by atoms with Gasteiger partial charge in [0, 0.05) is 19.7 Å². The first-order valence-electron chi connectivity index (χ1n) is 5.68. The van der Waals surface area contributed by atoms with Gasteiger partial charge in [-0.1, -0.05) is 11.6 Å². The highest BCUT2D eigenvalue weighted by Gasteiger charge is 2.28. The molecule has 10 heteroatoms. The van der Waals surface area contributed by atoms with Crippen molar-refractivity contribution in [2.75, 3.05) is 20.2 Å². The Morgan fingerprint density at radius 3 is 2.60 bits per heavy atom. The molecular formula is C10H15ClN2O5S2. The first-order valence-corrected chi connectivity index (χ1v) is 8.31. The maximum Gasteiger partial charge on any atom is 0.300 e. The molecule has 0 saturated carbocycles. The molecule has 1 aromatic heterocycles. The van der Waals surface area contributed by atoms with Crippen LogP contribution >= 0.6 is 22.9 Å². The average Bonchev–Trinajstić information content (AvgIpc) is 2.71. The SMILES string of the molecule is CC(C)OCCN(C)S(=O)(=O)c1cc([N+](=O)[O-])c(Cl)s1. The quantitative estimate of drug-likeness (QED) is 0.560. The summed E-state index contributed by atoms with van der Waals surface area (Å²) >= 11 is 6.34. The molecule has 1 aromatic rings. The fourth-order valence-corrected chi connectivity index (χ4v) is 4.31. The van der Waals surface area contributed by atoms with Crippen LogP contribution in [0.1, 0.15) is 13.8 Å². The van der Waals surface area contributed by atoms with E-state index in [9.17, 15) is 18.5 Å². The second-order valence-corrected chi connectivity index (χ2v) is 8.15. The van der Waals surface area contributed by atoms with Crippen molar-refractivity contribution in [2.24, 2.45) is 0 Å². The molecule has 0 saturated heterocycles. The summed E-state index contributed by atoms with van der Waals surface area (Å²) in [5.74, 6) is 0. The first-order chi connectivity index (χ1) is 9.16. The van der Waals surface area contributed by atoms with Gasteiger partial charge < -0.3 is 4.74 Å². The molecule has 0 aromatic carbocycles. The number of hydrogen-bond donors (Lipinski definition) is 0. The summed E-state index contributed by atoms with van der Waals surface area (Å²) in [5.41, 5.74) is -0.401. The van der Waals surface area contributed by atoms with E-state index in [4.69, 9.17) is 16.3 Å². The number of thiophene rings is 1. The lowest BCUT2D eigenvalue weighted by molar-refractivity contribution is -0.384. The van der Waals surface area contributed by atoms with Crippen LogP contribution in [0.4, 0.5) is 5.69 Å². The zero-order chi connectivity index (χ0) is 15.5. The maximum absolute atomic E-state index is 12.2. The van der Waals surface area contributed by atoms with Crippen molar-refractivity contribution >= 4 is 38.6 Å². The molecular weight excluding hydrogens is 328 g/mol. The molecule has 20 heavy (non-hydrogen) atoms. The van der Waals surface area contributed by atoms with E-state index in [1.807, 2.05) is 13.8 Å². The lowest BCUT2D eigenvalue weighted by Gasteiger charge is -2.16. The molecule has 0 aliphatic carbocycles. The second kappa shape index (κ2) is 6.81. The molecule has 0 aliphatic rings. The third-order valence-corrected chi connectivity index (χ3v) is 6.01. The van der Waals surface area contributed by atoms with Gasteiger partial charge in [0.2, 0.25) is 0 Å². The summed E-state index contributed by atoms with van der Waals surface area (Å²) in [5, 5.41) is 10.7. The van der Waals surface area contributed by atoms with Crippen molar-refractivity contribution < 1.29 is 18.1 Å². The zero-order valence-corrected chi connectivity index (χ0v) is 13.6. The normalized spacial score (nSPS) is 12.3. The van der Waals surface area contributed by atoms with Crippen LogP contribution in [0.2, 0.25) is 4.34 Å². The van der Waals surface area contributed by atoms with Gasteiger partial charge in [0.25, 0.3) is 15.7 Å². The van der Waals surface area contributed by atoms with Gasteiger partial charge in [-0.25, -0.2) is 8.42 Å². The van der Waals surface area contributed by atoms with Crippen LogP contribution in [0.5, 0.6) is 0 Å². The molecule has 0 aliphatic heterocycles. The monoisotopic (exact) mass is 342 g/mol. The molecule has 0 bridgehead atoms. The third kappa shape index (κ3) is 4.13. The van der Waals surface area contributed by atoms with Crippen LogP contribution in [0.3, 0.4) is 0 Å². The average molecular weight is 343 g/mol. The molecule has 114 valence electrons. The van der Waals surface area contributed by atoms with Crippen molar-refractivity contribution in [1.29, 1.82) is 0 Å². The molecule has 0 atom stereocenters. The number of ether oxygens (including phenoxy) is 1. The highest BCUT2D eigenvalue weighted by molar-refractivity contribution is 7.91. The summed E-state index contributed by atoms with van der Waals surface area (Å²) in [6, 6.07) is 0.974. The fraction of sp³-hybridized carbons (Fsp3) is 0.600. The standard InChI is InChI=1S/C10H15ClN2O5S2/c1-7(2)18-5-4-12(3)20(16,17)9-6-8(13(14)15)10(11)19-9/h6-7H,4-5H2,1-3H3. The Bertz CT molecular complexity index is 584. The van der Waals surface area contributed by atoms with Crippen molar-refractivity contribution in [3.05, 3.63) is 20.5 Å². The molecule has 0 radical (unpaired) electrons. The van der Waals surface area contributed by atoms with Crippen molar-refractivity contribution in [2.45, 2.75) is 24.2 Å². The van der Waals surface area contributed by atoms with Crippen LogP contribution in [0.25, 0.3) is 0 Å². The molecule has 0 fully saturated rings. The van der Waals surface area contributed by atoms with E-state index in [-0.39, 0.29) is 27.8 Å². The number of sulfonamides is 1. The molecule has 0 N–H and O–H groups in total. The summed E-state index contributed by atoms with van der Waals surface area (Å²) in [6.07, 6.45) is 0.00312. The predicted molar refractivity (Wildman–Crippen MR) is 76.9 cm³/mol. The van der Waals surface area contributed by atoms with Crippen LogP contribution in [-0.2, 0) is 14.8 Å². The van der Waals surface area contributed by atoms with Crippen LogP contribution in [0, 0.1) is 10.1 Å². The Balaban J connectivity index is 2.87. The van der Waals surface area contributed by atoms with E-state index in [0.29, 0.717) is 11.3 Å². The minimum absolute atomic E-state index is 0.00312. The minimum Gasteiger partial charge on any atom is -0.377 e. The van der Waals surface area contributed by atoms with E-state index in [1.165, 1.54) is 7.05 Å². The topological polar surface area (TPSA) is 89.8 Å². The highest BCUT2D eigenvalue weighted by Crippen LogP contribution is 2.37. The van der Waals surface area contributed by atoms with Crippen molar-refractivity contribution in [3.63, 3.8) is 0 Å². The van der Waals surface area contributed by atoms with E-state index >= 15 is 0 Å². The Hall–Kier alpha value is -0.740. The smallest absolute Gasteiger partial charge is 0.300 e. The second-order valence-electron chi connectivity index (χ2n) is 4.23. The number of nitro groups is 1. The number of rotatable bonds is 7. The van der Waals surface area contributed by atoms with Gasteiger partial charge in [0.05, 0.1) is 17.6 Å². The number of likely N-dealkylation sites (N-methyl/N-ethyl adjacent to an activating group) is 1. The van der Waals surface area contributed by atoms with Crippen molar-refractivity contribution in [3.8, 4) is 0 Å². The molecule has 7 nitrogen and oxygen atoms in total. The summed E-state index contributed by atoms with van der Waals surface area (Å²) in [6.45, 7) is 4.09. The Labute approximate surface area is 126 Å². The van der Waals surface area contributed by atoms with E-state index in [0.717, 1.165) is 10.4 Å². The lowest BCUT2D eigenvalue weighted by Crippen LogP contribution is -2.30. The highest BCUT2D eigenvalue weighted by atomic mass is 35.5. The van der Waals surface area contributed by atoms with E-state index in [1.54, 1.807) is 0 Å². The van der Waals surface area contributed by atoms with Crippen LogP contribution < -0.4 is 0 Å². The largest absolute Gasteiger partial charge is 0.377 e. The Kier molecular flexibility index (Phi) is 5.90. The molecule has 0 amide bonds. The fourth-order valence-electron chi connectivity index (χ4n) is 1.28. The number of nitrogens with zero attached hydrogens (tertiary/aromatic N) is 2. The minimum atomic E-state index is -3.79. The summed E-state index contributed by atoms with van der Waals surface area (Å²) in [4.78, 5) is 9.97. The van der Waals surface area contributed by atoms with Gasteiger partial charge in [-0.05, 0) is 13.8 Å². The van der Waals surface area contributed by atoms with Gasteiger partial charge in [-0.2, -0.15) is 4.31 Å². The van der Waals surface area contributed by atoms with Crippen LogP contribution in [0.15, 0.2) is 10.3 Å². The van der Waals surface area contributed by atoms with Crippen molar-refractivity contribution in [1.82, 2.24) is 4.31 Å². The van der Waals surface area contributed by atoms with Gasteiger partial charge in [0.15, 0.2) is 4.34 Å². The zero-order valence-electron chi connectivity index (χ0n) is 11.2. The molecule has 0 spiro atoms. The third-order valence-electron chi connectivity index (χ3n) is 2.36. The van der Waals surface area contributed by atoms with E-state index < -0.39 is 20.6 Å². The Morgan fingerprint density at radius 2 is 2.15 bits per heavy atom. The summed E-state index contributed by atoms with van der Waals surface area (Å²) < 4.78 is 30.4. The summed E-state index contributed by atoms with van der Waals surface area (Å²) in [7, 11) is -2.40. The number of hydrogen-bond acceptors (Lipinski definition) is 6.